The van der Waals surface area contributed by atoms with E-state index < -0.39 is 17.8 Å². The molecule has 0 aliphatic heterocycles. The monoisotopic (exact) mass is 277 g/mol. The number of hydrogen-bond acceptors (Lipinski definition) is 5. The number of fused-ring (bicyclic) bond motifs is 1. The van der Waals surface area contributed by atoms with Gasteiger partial charge in [0.2, 0.25) is 5.82 Å². The average molecular weight is 277 g/mol. The zero-order valence-electron chi connectivity index (χ0n) is 11.4. The molecular formula is C12H15N5O3. The van der Waals surface area contributed by atoms with Crippen LogP contribution in [0, 0.1) is 12.8 Å². The molecule has 0 aliphatic rings. The van der Waals surface area contributed by atoms with Gasteiger partial charge in [-0.1, -0.05) is 6.92 Å². The molecule has 2 aromatic rings. The van der Waals surface area contributed by atoms with E-state index in [1.807, 2.05) is 6.92 Å². The molecule has 8 heteroatoms. The van der Waals surface area contributed by atoms with Crippen LogP contribution in [0.4, 0.5) is 0 Å². The maximum absolute atomic E-state index is 12.2. The predicted molar refractivity (Wildman–Crippen MR) is 69.3 cm³/mol. The van der Waals surface area contributed by atoms with Crippen molar-refractivity contribution in [3.8, 4) is 0 Å². The molecule has 0 radical (unpaired) electrons. The SMILES string of the molecule is Cc1ccnc2nc(C(=O)N(C)CC(C)C(=O)O)nn12. The van der Waals surface area contributed by atoms with Crippen LogP contribution in [0.1, 0.15) is 23.2 Å². The fraction of sp³-hybridized carbons (Fsp3) is 0.417. The molecule has 0 spiro atoms. The van der Waals surface area contributed by atoms with Crippen molar-refractivity contribution < 1.29 is 14.7 Å². The predicted octanol–water partition coefficient (Wildman–Crippen LogP) is 0.225. The van der Waals surface area contributed by atoms with Crippen molar-refractivity contribution in [2.24, 2.45) is 5.92 Å². The number of nitrogens with zero attached hydrogens (tertiary/aromatic N) is 5. The van der Waals surface area contributed by atoms with Gasteiger partial charge in [-0.25, -0.2) is 9.50 Å². The second-order valence-electron chi connectivity index (χ2n) is 4.66. The average Bonchev–Trinajstić information content (AvgIpc) is 2.83. The number of hydrogen-bond donors (Lipinski definition) is 1. The summed E-state index contributed by atoms with van der Waals surface area (Å²) >= 11 is 0. The molecule has 0 aromatic carbocycles. The number of aromatic nitrogens is 4. The minimum absolute atomic E-state index is 0.00638. The standard InChI is InChI=1S/C12H15N5O3/c1-7(11(19)20)6-16(3)10(18)9-14-12-13-5-4-8(2)17(12)15-9/h4-5,7H,6H2,1-3H3,(H,19,20). The number of aliphatic carboxylic acids is 1. The van der Waals surface area contributed by atoms with Gasteiger partial charge in [-0.3, -0.25) is 9.59 Å². The van der Waals surface area contributed by atoms with Crippen LogP contribution >= 0.6 is 0 Å². The van der Waals surface area contributed by atoms with Crippen LogP contribution in [0.5, 0.6) is 0 Å². The number of carbonyl (C=O) groups excluding carboxylic acids is 1. The van der Waals surface area contributed by atoms with E-state index in [4.69, 9.17) is 5.11 Å². The molecule has 8 nitrogen and oxygen atoms in total. The zero-order valence-corrected chi connectivity index (χ0v) is 11.4. The Labute approximate surface area is 115 Å². The Morgan fingerprint density at radius 3 is 2.80 bits per heavy atom. The van der Waals surface area contributed by atoms with Crippen molar-refractivity contribution in [2.45, 2.75) is 13.8 Å². The van der Waals surface area contributed by atoms with Crippen molar-refractivity contribution >= 4 is 17.7 Å². The van der Waals surface area contributed by atoms with E-state index >= 15 is 0 Å². The first-order valence-electron chi connectivity index (χ1n) is 6.07. The molecule has 2 rings (SSSR count). The normalized spacial score (nSPS) is 12.3. The Morgan fingerprint density at radius 2 is 2.20 bits per heavy atom. The maximum atomic E-state index is 12.2. The lowest BCUT2D eigenvalue weighted by molar-refractivity contribution is -0.141. The molecule has 1 N–H and O–H groups in total. The van der Waals surface area contributed by atoms with Crippen molar-refractivity contribution in [2.75, 3.05) is 13.6 Å². The Morgan fingerprint density at radius 1 is 1.50 bits per heavy atom. The van der Waals surface area contributed by atoms with E-state index in [-0.39, 0.29) is 12.4 Å². The van der Waals surface area contributed by atoms with Gasteiger partial charge in [0.25, 0.3) is 11.7 Å². The first-order chi connectivity index (χ1) is 9.40. The molecule has 106 valence electrons. The molecule has 0 aliphatic carbocycles. The van der Waals surface area contributed by atoms with Crippen molar-refractivity contribution in [3.05, 3.63) is 23.8 Å². The van der Waals surface area contributed by atoms with E-state index in [0.29, 0.717) is 5.78 Å². The van der Waals surface area contributed by atoms with E-state index in [1.165, 1.54) is 23.4 Å². The molecule has 0 fully saturated rings. The van der Waals surface area contributed by atoms with Crippen molar-refractivity contribution in [1.82, 2.24) is 24.5 Å². The second-order valence-corrected chi connectivity index (χ2v) is 4.66. The van der Waals surface area contributed by atoms with Crippen LogP contribution in [-0.4, -0.2) is 55.1 Å². The fourth-order valence-electron chi connectivity index (χ4n) is 1.74. The Balaban J connectivity index is 2.23. The highest BCUT2D eigenvalue weighted by molar-refractivity contribution is 5.91. The zero-order chi connectivity index (χ0) is 14.9. The van der Waals surface area contributed by atoms with Gasteiger partial charge in [-0.2, -0.15) is 4.98 Å². The van der Waals surface area contributed by atoms with Crippen LogP contribution in [-0.2, 0) is 4.79 Å². The summed E-state index contributed by atoms with van der Waals surface area (Å²) in [7, 11) is 1.52. The molecular weight excluding hydrogens is 262 g/mol. The van der Waals surface area contributed by atoms with Crippen molar-refractivity contribution in [3.63, 3.8) is 0 Å². The van der Waals surface area contributed by atoms with Crippen LogP contribution in [0.15, 0.2) is 12.3 Å². The lowest BCUT2D eigenvalue weighted by Crippen LogP contribution is -2.34. The highest BCUT2D eigenvalue weighted by Crippen LogP contribution is 2.06. The summed E-state index contributed by atoms with van der Waals surface area (Å²) in [5.41, 5.74) is 0.808. The van der Waals surface area contributed by atoms with Gasteiger partial charge >= 0.3 is 5.97 Å². The number of aryl methyl sites for hydroxylation is 1. The van der Waals surface area contributed by atoms with Crippen LogP contribution in [0.25, 0.3) is 5.78 Å². The maximum Gasteiger partial charge on any atom is 0.308 e. The van der Waals surface area contributed by atoms with E-state index in [0.717, 1.165) is 5.69 Å². The molecule has 1 unspecified atom stereocenters. The quantitative estimate of drug-likeness (QED) is 0.858. The van der Waals surface area contributed by atoms with Gasteiger partial charge in [0.1, 0.15) is 0 Å². The second kappa shape index (κ2) is 5.24. The first-order valence-corrected chi connectivity index (χ1v) is 6.07. The Hall–Kier alpha value is -2.51. The molecule has 20 heavy (non-hydrogen) atoms. The smallest absolute Gasteiger partial charge is 0.308 e. The number of carbonyl (C=O) groups is 2. The Kier molecular flexibility index (Phi) is 3.64. The van der Waals surface area contributed by atoms with E-state index in [2.05, 4.69) is 15.1 Å². The van der Waals surface area contributed by atoms with Crippen LogP contribution < -0.4 is 0 Å². The highest BCUT2D eigenvalue weighted by atomic mass is 16.4. The summed E-state index contributed by atoms with van der Waals surface area (Å²) in [4.78, 5) is 32.3. The number of carboxylic acid groups (broad SMARTS) is 1. The van der Waals surface area contributed by atoms with Gasteiger partial charge in [0.15, 0.2) is 0 Å². The van der Waals surface area contributed by atoms with Gasteiger partial charge in [0, 0.05) is 25.5 Å². The lowest BCUT2D eigenvalue weighted by atomic mass is 10.2. The molecule has 1 atom stereocenters. The molecule has 2 heterocycles. The highest BCUT2D eigenvalue weighted by Gasteiger charge is 2.22. The van der Waals surface area contributed by atoms with Gasteiger partial charge < -0.3 is 10.0 Å². The summed E-state index contributed by atoms with van der Waals surface area (Å²) in [6.07, 6.45) is 1.59. The fourth-order valence-corrected chi connectivity index (χ4v) is 1.74. The molecule has 0 saturated carbocycles. The third kappa shape index (κ3) is 2.58. The van der Waals surface area contributed by atoms with Gasteiger partial charge in [-0.05, 0) is 13.0 Å². The number of carboxylic acids is 1. The third-order valence-corrected chi connectivity index (χ3v) is 2.94. The third-order valence-electron chi connectivity index (χ3n) is 2.94. The molecule has 0 saturated heterocycles. The molecule has 2 aromatic heterocycles. The van der Waals surface area contributed by atoms with Gasteiger partial charge in [0.05, 0.1) is 5.92 Å². The van der Waals surface area contributed by atoms with Crippen molar-refractivity contribution in [1.29, 1.82) is 0 Å². The molecule has 1 amide bonds. The lowest BCUT2D eigenvalue weighted by Gasteiger charge is -2.17. The summed E-state index contributed by atoms with van der Waals surface area (Å²) in [6.45, 7) is 3.46. The summed E-state index contributed by atoms with van der Waals surface area (Å²) in [5.74, 6) is -1.69. The number of amides is 1. The van der Waals surface area contributed by atoms with E-state index in [9.17, 15) is 9.59 Å². The Bertz CT molecular complexity index is 666. The molecule has 0 bridgehead atoms. The summed E-state index contributed by atoms with van der Waals surface area (Å²) in [6, 6.07) is 1.76. The summed E-state index contributed by atoms with van der Waals surface area (Å²) < 4.78 is 1.47. The van der Waals surface area contributed by atoms with E-state index in [1.54, 1.807) is 12.3 Å². The number of rotatable bonds is 4. The largest absolute Gasteiger partial charge is 0.481 e. The van der Waals surface area contributed by atoms with Crippen LogP contribution in [0.2, 0.25) is 0 Å². The van der Waals surface area contributed by atoms with Gasteiger partial charge in [-0.15, -0.1) is 5.10 Å². The minimum atomic E-state index is -0.954. The summed E-state index contributed by atoms with van der Waals surface area (Å²) in [5, 5.41) is 12.9. The first kappa shape index (κ1) is 13.9. The minimum Gasteiger partial charge on any atom is -0.481 e. The van der Waals surface area contributed by atoms with Crippen LogP contribution in [0.3, 0.4) is 0 Å². The topological polar surface area (TPSA) is 101 Å².